The van der Waals surface area contributed by atoms with Gasteiger partial charge in [-0.3, -0.25) is 5.32 Å². The molecule has 0 saturated heterocycles. The second-order valence-electron chi connectivity index (χ2n) is 6.56. The van der Waals surface area contributed by atoms with Gasteiger partial charge in [-0.2, -0.15) is 0 Å². The van der Waals surface area contributed by atoms with Crippen molar-refractivity contribution < 1.29 is 8.83 Å². The number of furan rings is 1. The molecule has 5 heteroatoms. The van der Waals surface area contributed by atoms with Gasteiger partial charge in [0, 0.05) is 5.56 Å². The summed E-state index contributed by atoms with van der Waals surface area (Å²) >= 11 is 0. The molecule has 2 aromatic carbocycles. The monoisotopic (exact) mass is 359 g/mol. The van der Waals surface area contributed by atoms with Crippen LogP contribution in [-0.2, 0) is 0 Å². The maximum absolute atomic E-state index is 5.93. The first-order chi connectivity index (χ1) is 13.2. The molecule has 5 nitrogen and oxygen atoms in total. The Kier molecular flexibility index (Phi) is 4.85. The highest BCUT2D eigenvalue weighted by molar-refractivity contribution is 5.53. The summed E-state index contributed by atoms with van der Waals surface area (Å²) in [6.45, 7) is 4.05. The number of nitrogens with zero attached hydrogens (tertiary/aromatic N) is 2. The van der Waals surface area contributed by atoms with E-state index in [0.717, 1.165) is 22.5 Å². The minimum absolute atomic E-state index is 0.106. The number of aromatic nitrogens is 2. The highest BCUT2D eigenvalue weighted by Crippen LogP contribution is 2.27. The Morgan fingerprint density at radius 3 is 2.52 bits per heavy atom. The van der Waals surface area contributed by atoms with Gasteiger partial charge in [-0.15, -0.1) is 10.2 Å². The normalized spacial score (nSPS) is 13.4. The van der Waals surface area contributed by atoms with Crippen molar-refractivity contribution in [1.82, 2.24) is 15.5 Å². The van der Waals surface area contributed by atoms with E-state index in [1.54, 1.807) is 6.26 Å². The quantitative estimate of drug-likeness (QED) is 0.520. The van der Waals surface area contributed by atoms with Crippen LogP contribution in [0.4, 0.5) is 0 Å². The van der Waals surface area contributed by atoms with Crippen molar-refractivity contribution in [3.63, 3.8) is 0 Å². The molecule has 0 aliphatic heterocycles. The lowest BCUT2D eigenvalue weighted by Crippen LogP contribution is -2.25. The van der Waals surface area contributed by atoms with Gasteiger partial charge >= 0.3 is 0 Å². The first-order valence-corrected chi connectivity index (χ1v) is 8.95. The van der Waals surface area contributed by atoms with E-state index in [2.05, 4.69) is 27.6 Å². The van der Waals surface area contributed by atoms with Gasteiger partial charge in [0.1, 0.15) is 5.76 Å². The zero-order valence-electron chi connectivity index (χ0n) is 15.3. The van der Waals surface area contributed by atoms with E-state index in [9.17, 15) is 0 Å². The smallest absolute Gasteiger partial charge is 0.247 e. The van der Waals surface area contributed by atoms with Crippen LogP contribution < -0.4 is 5.32 Å². The molecular formula is C22H21N3O2. The highest BCUT2D eigenvalue weighted by atomic mass is 16.4. The lowest BCUT2D eigenvalue weighted by atomic mass is 10.0. The maximum atomic E-state index is 5.93. The molecular weight excluding hydrogens is 338 g/mol. The standard InChI is InChI=1S/C22H21N3O2/c1-15-8-6-11-18(14-15)22-25-24-21(27-22)16(2)23-20(19-12-7-13-26-19)17-9-4-3-5-10-17/h3-14,16,20,23H,1-2H3/t16-,20-/m0/s1. The molecule has 2 heterocycles. The zero-order valence-corrected chi connectivity index (χ0v) is 15.3. The van der Waals surface area contributed by atoms with E-state index in [1.165, 1.54) is 0 Å². The van der Waals surface area contributed by atoms with Crippen LogP contribution in [0.1, 0.15) is 41.8 Å². The summed E-state index contributed by atoms with van der Waals surface area (Å²) in [7, 11) is 0. The summed E-state index contributed by atoms with van der Waals surface area (Å²) < 4.78 is 11.6. The van der Waals surface area contributed by atoms with Crippen LogP contribution in [0.3, 0.4) is 0 Å². The molecule has 0 saturated carbocycles. The summed E-state index contributed by atoms with van der Waals surface area (Å²) in [5.74, 6) is 1.90. The van der Waals surface area contributed by atoms with Crippen LogP contribution in [-0.4, -0.2) is 10.2 Å². The molecule has 0 amide bonds. The predicted octanol–water partition coefficient (Wildman–Crippen LogP) is 5.08. The third kappa shape index (κ3) is 3.83. The molecule has 2 aromatic heterocycles. The van der Waals surface area contributed by atoms with Crippen molar-refractivity contribution >= 4 is 0 Å². The van der Waals surface area contributed by atoms with Crippen molar-refractivity contribution in [2.24, 2.45) is 0 Å². The molecule has 0 radical (unpaired) electrons. The average Bonchev–Trinajstić information content (AvgIpc) is 3.39. The number of hydrogen-bond acceptors (Lipinski definition) is 5. The van der Waals surface area contributed by atoms with E-state index >= 15 is 0 Å². The van der Waals surface area contributed by atoms with Crippen LogP contribution in [0, 0.1) is 6.92 Å². The van der Waals surface area contributed by atoms with Gasteiger partial charge in [0.05, 0.1) is 18.3 Å². The number of rotatable bonds is 6. The van der Waals surface area contributed by atoms with Gasteiger partial charge in [-0.1, -0.05) is 48.0 Å². The molecule has 0 fully saturated rings. The summed E-state index contributed by atoms with van der Waals surface area (Å²) in [5, 5.41) is 12.0. The molecule has 4 aromatic rings. The fourth-order valence-corrected chi connectivity index (χ4v) is 3.07. The van der Waals surface area contributed by atoms with Gasteiger partial charge in [-0.25, -0.2) is 0 Å². The fraction of sp³-hybridized carbons (Fsp3) is 0.182. The third-order valence-corrected chi connectivity index (χ3v) is 4.45. The first kappa shape index (κ1) is 17.2. The van der Waals surface area contributed by atoms with Crippen molar-refractivity contribution in [2.45, 2.75) is 25.9 Å². The second kappa shape index (κ2) is 7.60. The van der Waals surface area contributed by atoms with Crippen LogP contribution in [0.25, 0.3) is 11.5 Å². The molecule has 0 bridgehead atoms. The molecule has 1 N–H and O–H groups in total. The van der Waals surface area contributed by atoms with Gasteiger partial charge in [0.25, 0.3) is 0 Å². The van der Waals surface area contributed by atoms with Gasteiger partial charge in [0.2, 0.25) is 11.8 Å². The SMILES string of the molecule is Cc1cccc(-c2nnc([C@H](C)N[C@@H](c3ccccc3)c3ccco3)o2)c1. The second-order valence-corrected chi connectivity index (χ2v) is 6.56. The largest absolute Gasteiger partial charge is 0.467 e. The lowest BCUT2D eigenvalue weighted by Gasteiger charge is -2.20. The van der Waals surface area contributed by atoms with E-state index in [4.69, 9.17) is 8.83 Å². The van der Waals surface area contributed by atoms with Gasteiger partial charge < -0.3 is 8.83 Å². The number of aryl methyl sites for hydroxylation is 1. The molecule has 0 unspecified atom stereocenters. The minimum atomic E-state index is -0.147. The van der Waals surface area contributed by atoms with Crippen molar-refractivity contribution in [3.05, 3.63) is 95.8 Å². The van der Waals surface area contributed by atoms with Gasteiger partial charge in [0.15, 0.2) is 0 Å². The molecule has 0 spiro atoms. The molecule has 136 valence electrons. The predicted molar refractivity (Wildman–Crippen MR) is 103 cm³/mol. The Hall–Kier alpha value is -3.18. The summed E-state index contributed by atoms with van der Waals surface area (Å²) in [4.78, 5) is 0. The lowest BCUT2D eigenvalue weighted by molar-refractivity contribution is 0.372. The van der Waals surface area contributed by atoms with Crippen molar-refractivity contribution in [1.29, 1.82) is 0 Å². The molecule has 0 aliphatic carbocycles. The summed E-state index contributed by atoms with van der Waals surface area (Å²) in [6, 6.07) is 21.8. The van der Waals surface area contributed by atoms with Crippen molar-refractivity contribution in [3.8, 4) is 11.5 Å². The molecule has 27 heavy (non-hydrogen) atoms. The highest BCUT2D eigenvalue weighted by Gasteiger charge is 2.23. The fourth-order valence-electron chi connectivity index (χ4n) is 3.07. The average molecular weight is 359 g/mol. The Labute approximate surface area is 158 Å². The number of benzene rings is 2. The Morgan fingerprint density at radius 2 is 1.78 bits per heavy atom. The van der Waals surface area contributed by atoms with E-state index in [0.29, 0.717) is 11.8 Å². The van der Waals surface area contributed by atoms with E-state index in [1.807, 2.05) is 68.4 Å². The molecule has 2 atom stereocenters. The zero-order chi connectivity index (χ0) is 18.6. The summed E-state index contributed by atoms with van der Waals surface area (Å²) in [5.41, 5.74) is 3.18. The Morgan fingerprint density at radius 1 is 0.926 bits per heavy atom. The Bertz CT molecular complexity index is 993. The van der Waals surface area contributed by atoms with Crippen molar-refractivity contribution in [2.75, 3.05) is 0 Å². The van der Waals surface area contributed by atoms with Crippen LogP contribution in [0.5, 0.6) is 0 Å². The third-order valence-electron chi connectivity index (χ3n) is 4.45. The van der Waals surface area contributed by atoms with Gasteiger partial charge in [-0.05, 0) is 43.7 Å². The van der Waals surface area contributed by atoms with E-state index < -0.39 is 0 Å². The topological polar surface area (TPSA) is 64.1 Å². The van der Waals surface area contributed by atoms with E-state index in [-0.39, 0.29) is 12.1 Å². The first-order valence-electron chi connectivity index (χ1n) is 8.95. The van der Waals surface area contributed by atoms with Crippen LogP contribution in [0.15, 0.2) is 81.8 Å². The molecule has 4 rings (SSSR count). The summed E-state index contributed by atoms with van der Waals surface area (Å²) in [6.07, 6.45) is 1.68. The number of nitrogens with one attached hydrogen (secondary N) is 1. The number of hydrogen-bond donors (Lipinski definition) is 1. The maximum Gasteiger partial charge on any atom is 0.247 e. The Balaban J connectivity index is 1.58. The van der Waals surface area contributed by atoms with Crippen LogP contribution >= 0.6 is 0 Å². The molecule has 0 aliphatic rings. The minimum Gasteiger partial charge on any atom is -0.467 e. The van der Waals surface area contributed by atoms with Crippen LogP contribution in [0.2, 0.25) is 0 Å².